The maximum absolute atomic E-state index is 12.7. The number of benzene rings is 2. The summed E-state index contributed by atoms with van der Waals surface area (Å²) in [5.41, 5.74) is 1.92. The van der Waals surface area contributed by atoms with Crippen LogP contribution in [0.15, 0.2) is 60.2 Å². The van der Waals surface area contributed by atoms with E-state index in [1.54, 1.807) is 37.3 Å². The molecule has 28 heavy (non-hydrogen) atoms. The van der Waals surface area contributed by atoms with Crippen LogP contribution >= 0.6 is 0 Å². The second-order valence-corrected chi connectivity index (χ2v) is 6.97. The first-order valence-electron chi connectivity index (χ1n) is 9.08. The summed E-state index contributed by atoms with van der Waals surface area (Å²) in [6, 6.07) is 9.38. The molecular weight excluding hydrogens is 356 g/mol. The summed E-state index contributed by atoms with van der Waals surface area (Å²) in [5, 5.41) is 40.6. The van der Waals surface area contributed by atoms with Gasteiger partial charge in [0.05, 0.1) is 6.10 Å². The van der Waals surface area contributed by atoms with Gasteiger partial charge in [-0.2, -0.15) is 0 Å². The van der Waals surface area contributed by atoms with Gasteiger partial charge in [-0.05, 0) is 33.1 Å². The fourth-order valence-corrected chi connectivity index (χ4v) is 2.83. The van der Waals surface area contributed by atoms with E-state index in [9.17, 15) is 25.2 Å². The molecule has 1 atom stereocenters. The van der Waals surface area contributed by atoms with Crippen LogP contribution in [0.5, 0.6) is 17.2 Å². The Kier molecular flexibility index (Phi) is 7.01. The molecular formula is C23H26O5. The molecule has 5 heteroatoms. The topological polar surface area (TPSA) is 98.0 Å². The number of aliphatic hydroxyl groups excluding tert-OH is 1. The predicted octanol–water partition coefficient (Wildman–Crippen LogP) is 4.24. The number of phenolic OH excluding ortho intramolecular Hbond substituents is 3. The van der Waals surface area contributed by atoms with Crippen LogP contribution in [0.1, 0.15) is 48.2 Å². The Morgan fingerprint density at radius 2 is 1.75 bits per heavy atom. The highest BCUT2D eigenvalue weighted by molar-refractivity contribution is 6.12. The number of allylic oxidation sites excluding steroid dienone is 2. The third kappa shape index (κ3) is 5.02. The Labute approximate surface area is 164 Å². The number of ketones is 1. The van der Waals surface area contributed by atoms with Crippen molar-refractivity contribution in [2.45, 2.75) is 39.2 Å². The van der Waals surface area contributed by atoms with E-state index in [-0.39, 0.29) is 23.3 Å². The van der Waals surface area contributed by atoms with Crippen molar-refractivity contribution < 1.29 is 25.2 Å². The first-order chi connectivity index (χ1) is 13.2. The molecule has 0 amide bonds. The summed E-state index contributed by atoms with van der Waals surface area (Å²) in [5.74, 6) is -1.72. The summed E-state index contributed by atoms with van der Waals surface area (Å²) >= 11 is 0. The van der Waals surface area contributed by atoms with Crippen molar-refractivity contribution in [2.75, 3.05) is 0 Å². The number of carbonyl (C=O) groups excluding carboxylic acids is 1. The number of phenols is 3. The fraction of sp³-hybridized carbons (Fsp3) is 0.261. The molecule has 0 bridgehead atoms. The van der Waals surface area contributed by atoms with Gasteiger partial charge in [-0.15, -0.1) is 0 Å². The second-order valence-electron chi connectivity index (χ2n) is 6.97. The molecule has 0 aliphatic carbocycles. The summed E-state index contributed by atoms with van der Waals surface area (Å²) in [7, 11) is 0. The zero-order chi connectivity index (χ0) is 20.8. The van der Waals surface area contributed by atoms with Crippen LogP contribution in [0.4, 0.5) is 0 Å². The van der Waals surface area contributed by atoms with Crippen LogP contribution in [-0.4, -0.2) is 32.3 Å². The van der Waals surface area contributed by atoms with E-state index in [0.717, 1.165) is 11.6 Å². The summed E-state index contributed by atoms with van der Waals surface area (Å²) in [6.07, 6.45) is 2.58. The number of aliphatic hydroxyl groups is 1. The molecule has 2 aromatic carbocycles. The first kappa shape index (κ1) is 21.3. The van der Waals surface area contributed by atoms with Crippen LogP contribution in [-0.2, 0) is 6.42 Å². The zero-order valence-corrected chi connectivity index (χ0v) is 16.1. The molecule has 4 N–H and O–H groups in total. The molecule has 0 aromatic heterocycles. The monoisotopic (exact) mass is 382 g/mol. The summed E-state index contributed by atoms with van der Waals surface area (Å²) in [6.45, 7) is 7.37. The third-order valence-electron chi connectivity index (χ3n) is 4.66. The van der Waals surface area contributed by atoms with Crippen molar-refractivity contribution in [3.8, 4) is 17.2 Å². The van der Waals surface area contributed by atoms with Crippen molar-refractivity contribution >= 4 is 5.78 Å². The number of aromatic hydroxyl groups is 3. The van der Waals surface area contributed by atoms with E-state index in [4.69, 9.17) is 0 Å². The van der Waals surface area contributed by atoms with Gasteiger partial charge in [-0.25, -0.2) is 0 Å². The van der Waals surface area contributed by atoms with Crippen molar-refractivity contribution in [3.63, 3.8) is 0 Å². The summed E-state index contributed by atoms with van der Waals surface area (Å²) < 4.78 is 0. The zero-order valence-electron chi connectivity index (χ0n) is 16.1. The molecule has 0 heterocycles. The lowest BCUT2D eigenvalue weighted by Gasteiger charge is -2.13. The molecule has 0 radical (unpaired) electrons. The van der Waals surface area contributed by atoms with Gasteiger partial charge in [0.15, 0.2) is 0 Å². The van der Waals surface area contributed by atoms with Gasteiger partial charge in [0, 0.05) is 17.2 Å². The molecule has 0 spiro atoms. The van der Waals surface area contributed by atoms with Crippen LogP contribution in [0, 0.1) is 0 Å². The average Bonchev–Trinajstić information content (AvgIpc) is 2.66. The lowest BCUT2D eigenvalue weighted by atomic mass is 9.96. The smallest absolute Gasteiger partial charge is 0.200 e. The Morgan fingerprint density at radius 3 is 2.36 bits per heavy atom. The SMILES string of the molecule is C=C(C)[C@H](O)CC/C(C)=C/Cc1c(O)cc(O)c(C(=O)c2ccccc2)c1O. The van der Waals surface area contributed by atoms with Gasteiger partial charge in [0.1, 0.15) is 22.8 Å². The largest absolute Gasteiger partial charge is 0.507 e. The minimum Gasteiger partial charge on any atom is -0.507 e. The van der Waals surface area contributed by atoms with Crippen molar-refractivity contribution in [1.82, 2.24) is 0 Å². The minimum atomic E-state index is -0.575. The van der Waals surface area contributed by atoms with E-state index in [1.165, 1.54) is 0 Å². The van der Waals surface area contributed by atoms with E-state index < -0.39 is 23.4 Å². The van der Waals surface area contributed by atoms with Gasteiger partial charge >= 0.3 is 0 Å². The predicted molar refractivity (Wildman–Crippen MR) is 109 cm³/mol. The van der Waals surface area contributed by atoms with E-state index in [2.05, 4.69) is 6.58 Å². The molecule has 0 aliphatic rings. The number of rotatable bonds is 8. The Bertz CT molecular complexity index is 897. The normalized spacial score (nSPS) is 12.6. The minimum absolute atomic E-state index is 0.164. The number of hydrogen-bond donors (Lipinski definition) is 4. The van der Waals surface area contributed by atoms with Gasteiger partial charge in [-0.1, -0.05) is 54.1 Å². The fourth-order valence-electron chi connectivity index (χ4n) is 2.83. The molecule has 5 nitrogen and oxygen atoms in total. The lowest BCUT2D eigenvalue weighted by Crippen LogP contribution is -2.07. The molecule has 0 saturated carbocycles. The van der Waals surface area contributed by atoms with Crippen LogP contribution in [0.2, 0.25) is 0 Å². The van der Waals surface area contributed by atoms with E-state index in [1.807, 2.05) is 13.0 Å². The quantitative estimate of drug-likeness (QED) is 0.404. The Hall–Kier alpha value is -3.05. The van der Waals surface area contributed by atoms with Crippen molar-refractivity contribution in [3.05, 3.63) is 76.9 Å². The highest BCUT2D eigenvalue weighted by atomic mass is 16.3. The highest BCUT2D eigenvalue weighted by Crippen LogP contribution is 2.39. The van der Waals surface area contributed by atoms with E-state index >= 15 is 0 Å². The lowest BCUT2D eigenvalue weighted by molar-refractivity contribution is 0.103. The first-order valence-corrected chi connectivity index (χ1v) is 9.08. The standard InChI is InChI=1S/C23H26O5/c1-14(2)18(24)12-10-15(3)9-11-17-19(25)13-20(26)21(23(17)28)22(27)16-7-5-4-6-8-16/h4-9,13,18,24-26,28H,1,10-12H2,2-3H3/b15-9+/t18-/m1/s1. The molecule has 0 aliphatic heterocycles. The van der Waals surface area contributed by atoms with Gasteiger partial charge < -0.3 is 20.4 Å². The number of hydrogen-bond acceptors (Lipinski definition) is 5. The maximum atomic E-state index is 12.7. The third-order valence-corrected chi connectivity index (χ3v) is 4.66. The summed E-state index contributed by atoms with van der Waals surface area (Å²) in [4.78, 5) is 12.7. The van der Waals surface area contributed by atoms with Crippen molar-refractivity contribution in [2.24, 2.45) is 0 Å². The molecule has 0 saturated heterocycles. The van der Waals surface area contributed by atoms with Crippen LogP contribution in [0.3, 0.4) is 0 Å². The maximum Gasteiger partial charge on any atom is 0.200 e. The molecule has 0 unspecified atom stereocenters. The van der Waals surface area contributed by atoms with Crippen LogP contribution < -0.4 is 0 Å². The van der Waals surface area contributed by atoms with Crippen LogP contribution in [0.25, 0.3) is 0 Å². The van der Waals surface area contributed by atoms with E-state index in [0.29, 0.717) is 24.0 Å². The Balaban J connectivity index is 2.27. The average molecular weight is 382 g/mol. The highest BCUT2D eigenvalue weighted by Gasteiger charge is 2.23. The molecule has 0 fully saturated rings. The van der Waals surface area contributed by atoms with Gasteiger partial charge in [0.25, 0.3) is 0 Å². The number of carbonyl (C=O) groups is 1. The molecule has 2 aromatic rings. The van der Waals surface area contributed by atoms with Gasteiger partial charge in [0.2, 0.25) is 5.78 Å². The molecule has 2 rings (SSSR count). The van der Waals surface area contributed by atoms with Crippen molar-refractivity contribution in [1.29, 1.82) is 0 Å². The molecule has 148 valence electrons. The van der Waals surface area contributed by atoms with Gasteiger partial charge in [-0.3, -0.25) is 4.79 Å². The second kappa shape index (κ2) is 9.24. The Morgan fingerprint density at radius 1 is 1.11 bits per heavy atom.